The van der Waals surface area contributed by atoms with E-state index in [0.29, 0.717) is 12.2 Å². The van der Waals surface area contributed by atoms with Crippen LogP contribution in [0.25, 0.3) is 0 Å². The Kier molecular flexibility index (Phi) is 2.98. The van der Waals surface area contributed by atoms with Gasteiger partial charge in [-0.15, -0.1) is 0 Å². The van der Waals surface area contributed by atoms with Gasteiger partial charge in [-0.2, -0.15) is 0 Å². The molecule has 13 heavy (non-hydrogen) atoms. The van der Waals surface area contributed by atoms with Gasteiger partial charge < -0.3 is 5.73 Å². The van der Waals surface area contributed by atoms with E-state index in [0.717, 1.165) is 6.42 Å². The maximum Gasteiger partial charge on any atom is 0.145 e. The minimum atomic E-state index is -0.342. The van der Waals surface area contributed by atoms with Crippen LogP contribution in [0.4, 0.5) is 4.39 Å². The molecule has 0 radical (unpaired) electrons. The van der Waals surface area contributed by atoms with Crippen LogP contribution in [0.1, 0.15) is 26.0 Å². The lowest BCUT2D eigenvalue weighted by Crippen LogP contribution is -2.33. The van der Waals surface area contributed by atoms with E-state index in [9.17, 15) is 4.39 Å². The highest BCUT2D eigenvalue weighted by Gasteiger charge is 2.27. The molecule has 0 fully saturated rings. The topological polar surface area (TPSA) is 38.9 Å². The lowest BCUT2D eigenvalue weighted by atomic mass is 9.83. The highest BCUT2D eigenvalue weighted by molar-refractivity contribution is 5.18. The zero-order valence-electron chi connectivity index (χ0n) is 8.05. The predicted octanol–water partition coefficient (Wildman–Crippen LogP) is 1.85. The fourth-order valence-corrected chi connectivity index (χ4v) is 1.24. The quantitative estimate of drug-likeness (QED) is 0.774. The summed E-state index contributed by atoms with van der Waals surface area (Å²) in [6.45, 7) is 4.33. The van der Waals surface area contributed by atoms with Gasteiger partial charge in [-0.25, -0.2) is 4.39 Å². The lowest BCUT2D eigenvalue weighted by molar-refractivity contribution is 0.423. The number of halogens is 1. The van der Waals surface area contributed by atoms with E-state index in [1.165, 1.54) is 6.07 Å². The number of hydrogen-bond acceptors (Lipinski definition) is 2. The molecule has 72 valence electrons. The SMILES string of the molecule is CCC(C)(CN)c1ncccc1F. The Bertz CT molecular complexity index is 282. The van der Waals surface area contributed by atoms with Gasteiger partial charge in [0, 0.05) is 18.2 Å². The molecule has 0 saturated carbocycles. The summed E-state index contributed by atoms with van der Waals surface area (Å²) in [5.41, 5.74) is 5.74. The number of nitrogens with zero attached hydrogens (tertiary/aromatic N) is 1. The summed E-state index contributed by atoms with van der Waals surface area (Å²) in [7, 11) is 0. The number of aromatic nitrogens is 1. The third kappa shape index (κ3) is 1.86. The first-order valence-corrected chi connectivity index (χ1v) is 4.45. The van der Waals surface area contributed by atoms with Crippen molar-refractivity contribution < 1.29 is 4.39 Å². The van der Waals surface area contributed by atoms with E-state index in [2.05, 4.69) is 4.98 Å². The summed E-state index contributed by atoms with van der Waals surface area (Å²) in [5, 5.41) is 0. The summed E-state index contributed by atoms with van der Waals surface area (Å²) in [5.74, 6) is -0.266. The molecule has 0 bridgehead atoms. The highest BCUT2D eigenvalue weighted by atomic mass is 19.1. The Morgan fingerprint density at radius 1 is 1.62 bits per heavy atom. The van der Waals surface area contributed by atoms with Gasteiger partial charge in [0.1, 0.15) is 5.82 Å². The van der Waals surface area contributed by atoms with Crippen molar-refractivity contribution in [2.75, 3.05) is 6.54 Å². The molecule has 0 saturated heterocycles. The van der Waals surface area contributed by atoms with Crippen molar-refractivity contribution in [3.63, 3.8) is 0 Å². The van der Waals surface area contributed by atoms with Crippen LogP contribution in [0.3, 0.4) is 0 Å². The number of rotatable bonds is 3. The number of nitrogens with two attached hydrogens (primary N) is 1. The van der Waals surface area contributed by atoms with Crippen molar-refractivity contribution in [1.29, 1.82) is 0 Å². The second-order valence-corrected chi connectivity index (χ2v) is 3.45. The molecule has 1 aromatic heterocycles. The van der Waals surface area contributed by atoms with Crippen molar-refractivity contribution in [2.24, 2.45) is 5.73 Å². The molecule has 1 heterocycles. The fourth-order valence-electron chi connectivity index (χ4n) is 1.24. The molecule has 0 aliphatic carbocycles. The van der Waals surface area contributed by atoms with Crippen LogP contribution in [-0.4, -0.2) is 11.5 Å². The van der Waals surface area contributed by atoms with E-state index < -0.39 is 0 Å². The molecule has 0 aromatic carbocycles. The normalized spacial score (nSPS) is 15.4. The van der Waals surface area contributed by atoms with Crippen molar-refractivity contribution >= 4 is 0 Å². The molecule has 1 unspecified atom stereocenters. The van der Waals surface area contributed by atoms with Gasteiger partial charge in [-0.05, 0) is 18.6 Å². The predicted molar refractivity (Wildman–Crippen MR) is 50.9 cm³/mol. The molecule has 0 aliphatic rings. The first-order chi connectivity index (χ1) is 6.14. The maximum atomic E-state index is 13.3. The van der Waals surface area contributed by atoms with E-state index in [1.54, 1.807) is 12.3 Å². The van der Waals surface area contributed by atoms with Gasteiger partial charge in [0.05, 0.1) is 5.69 Å². The van der Waals surface area contributed by atoms with E-state index in [4.69, 9.17) is 5.73 Å². The first-order valence-electron chi connectivity index (χ1n) is 4.45. The molecule has 0 amide bonds. The minimum Gasteiger partial charge on any atom is -0.330 e. The zero-order chi connectivity index (χ0) is 9.90. The van der Waals surface area contributed by atoms with Crippen LogP contribution in [0, 0.1) is 5.82 Å². The largest absolute Gasteiger partial charge is 0.330 e. The standard InChI is InChI=1S/C10H15FN2/c1-3-10(2,7-12)9-8(11)5-4-6-13-9/h4-6H,3,7,12H2,1-2H3. The second kappa shape index (κ2) is 3.83. The molecule has 1 atom stereocenters. The van der Waals surface area contributed by atoms with Crippen LogP contribution in [0.2, 0.25) is 0 Å². The van der Waals surface area contributed by atoms with Gasteiger partial charge in [-0.1, -0.05) is 13.8 Å². The van der Waals surface area contributed by atoms with E-state index in [1.807, 2.05) is 13.8 Å². The molecule has 2 nitrogen and oxygen atoms in total. The number of hydrogen-bond donors (Lipinski definition) is 1. The second-order valence-electron chi connectivity index (χ2n) is 3.45. The Morgan fingerprint density at radius 3 is 2.77 bits per heavy atom. The average molecular weight is 182 g/mol. The van der Waals surface area contributed by atoms with Crippen LogP contribution < -0.4 is 5.73 Å². The fraction of sp³-hybridized carbons (Fsp3) is 0.500. The summed E-state index contributed by atoms with van der Waals surface area (Å²) in [4.78, 5) is 4.04. The highest BCUT2D eigenvalue weighted by Crippen LogP contribution is 2.25. The summed E-state index contributed by atoms with van der Waals surface area (Å²) in [6.07, 6.45) is 2.39. The first kappa shape index (κ1) is 10.1. The molecule has 0 aliphatic heterocycles. The van der Waals surface area contributed by atoms with Gasteiger partial charge in [0.2, 0.25) is 0 Å². The van der Waals surface area contributed by atoms with Crippen LogP contribution in [0.15, 0.2) is 18.3 Å². The van der Waals surface area contributed by atoms with Crippen LogP contribution >= 0.6 is 0 Å². The molecular formula is C10H15FN2. The summed E-state index contributed by atoms with van der Waals surface area (Å²) < 4.78 is 13.3. The van der Waals surface area contributed by atoms with Crippen molar-refractivity contribution in [3.8, 4) is 0 Å². The number of pyridine rings is 1. The Labute approximate surface area is 78.0 Å². The smallest absolute Gasteiger partial charge is 0.145 e. The summed E-state index contributed by atoms with van der Waals surface area (Å²) >= 11 is 0. The molecule has 1 rings (SSSR count). The molecule has 3 heteroatoms. The Balaban J connectivity index is 3.12. The van der Waals surface area contributed by atoms with Crippen molar-refractivity contribution in [3.05, 3.63) is 29.8 Å². The van der Waals surface area contributed by atoms with E-state index in [-0.39, 0.29) is 11.2 Å². The third-order valence-corrected chi connectivity index (χ3v) is 2.56. The maximum absolute atomic E-state index is 13.3. The van der Waals surface area contributed by atoms with Crippen LogP contribution in [0.5, 0.6) is 0 Å². The van der Waals surface area contributed by atoms with Gasteiger partial charge >= 0.3 is 0 Å². The van der Waals surface area contributed by atoms with Crippen molar-refractivity contribution in [2.45, 2.75) is 25.7 Å². The Morgan fingerprint density at radius 2 is 2.31 bits per heavy atom. The third-order valence-electron chi connectivity index (χ3n) is 2.56. The van der Waals surface area contributed by atoms with E-state index >= 15 is 0 Å². The van der Waals surface area contributed by atoms with Gasteiger partial charge in [0.25, 0.3) is 0 Å². The van der Waals surface area contributed by atoms with Crippen LogP contribution in [-0.2, 0) is 5.41 Å². The lowest BCUT2D eigenvalue weighted by Gasteiger charge is -2.25. The van der Waals surface area contributed by atoms with Gasteiger partial charge in [0.15, 0.2) is 0 Å². The van der Waals surface area contributed by atoms with Crippen molar-refractivity contribution in [1.82, 2.24) is 4.98 Å². The minimum absolute atomic E-state index is 0.266. The molecule has 2 N–H and O–H groups in total. The zero-order valence-corrected chi connectivity index (χ0v) is 8.05. The monoisotopic (exact) mass is 182 g/mol. The van der Waals surface area contributed by atoms with Gasteiger partial charge in [-0.3, -0.25) is 4.98 Å². The molecule has 0 spiro atoms. The molecule has 1 aromatic rings. The average Bonchev–Trinajstić information content (AvgIpc) is 2.17. The summed E-state index contributed by atoms with van der Waals surface area (Å²) in [6, 6.07) is 3.01. The Hall–Kier alpha value is -0.960. The molecular weight excluding hydrogens is 167 g/mol.